The molecule has 2 atom stereocenters. The van der Waals surface area contributed by atoms with E-state index in [4.69, 9.17) is 22.1 Å². The van der Waals surface area contributed by atoms with Crippen molar-refractivity contribution in [3.8, 4) is 0 Å². The van der Waals surface area contributed by atoms with E-state index in [1.165, 1.54) is 6.20 Å². The monoisotopic (exact) mass is 434 g/mol. The number of pyridine rings is 1. The zero-order valence-corrected chi connectivity index (χ0v) is 16.8. The van der Waals surface area contributed by atoms with Gasteiger partial charge in [-0.05, 0) is 17.2 Å². The maximum Gasteiger partial charge on any atom is 0.407 e. The van der Waals surface area contributed by atoms with E-state index < -0.39 is 30.1 Å². The summed E-state index contributed by atoms with van der Waals surface area (Å²) in [6, 6.07) is 11.4. The third-order valence-corrected chi connectivity index (χ3v) is 4.25. The topological polar surface area (TPSA) is 144 Å². The summed E-state index contributed by atoms with van der Waals surface area (Å²) in [5.74, 6) is -1.32. The van der Waals surface area contributed by atoms with Crippen molar-refractivity contribution in [3.63, 3.8) is 0 Å². The Hall–Kier alpha value is -3.17. The predicted molar refractivity (Wildman–Crippen MR) is 109 cm³/mol. The molecule has 30 heavy (non-hydrogen) atoms. The standard InChI is InChI=1S/C20H23ClN4O5/c21-17-7-6-14(10-23-17)8-16(19(22)28)25-18(27)9-15(26)11-24-20(29)30-12-13-4-2-1-3-5-13/h1-7,10,15-16,26H,8-9,11-12H2,(H2,22,28)(H,24,29)(H,25,27)/t15-,16+/m0/s1. The van der Waals surface area contributed by atoms with E-state index in [-0.39, 0.29) is 26.0 Å². The first-order chi connectivity index (χ1) is 14.3. The summed E-state index contributed by atoms with van der Waals surface area (Å²) < 4.78 is 5.02. The molecule has 10 heteroatoms. The first-order valence-electron chi connectivity index (χ1n) is 9.15. The van der Waals surface area contributed by atoms with Gasteiger partial charge in [0.1, 0.15) is 17.8 Å². The molecule has 2 aromatic rings. The lowest BCUT2D eigenvalue weighted by atomic mass is 10.1. The summed E-state index contributed by atoms with van der Waals surface area (Å²) in [6.07, 6.45) is -0.611. The van der Waals surface area contributed by atoms with E-state index in [9.17, 15) is 19.5 Å². The fourth-order valence-electron chi connectivity index (χ4n) is 2.50. The number of ether oxygens (including phenoxy) is 1. The number of carbonyl (C=O) groups is 3. The normalized spacial score (nSPS) is 12.5. The van der Waals surface area contributed by atoms with Gasteiger partial charge in [0.15, 0.2) is 0 Å². The van der Waals surface area contributed by atoms with Crippen LogP contribution in [-0.4, -0.2) is 46.7 Å². The number of aliphatic hydroxyl groups is 1. The lowest BCUT2D eigenvalue weighted by molar-refractivity contribution is -0.128. The van der Waals surface area contributed by atoms with E-state index in [2.05, 4.69) is 15.6 Å². The molecule has 0 aliphatic rings. The summed E-state index contributed by atoms with van der Waals surface area (Å²) in [7, 11) is 0. The van der Waals surface area contributed by atoms with Crippen LogP contribution in [0.4, 0.5) is 4.79 Å². The number of hydrogen-bond acceptors (Lipinski definition) is 6. The molecule has 1 aromatic heterocycles. The maximum absolute atomic E-state index is 12.1. The molecular formula is C20H23ClN4O5. The SMILES string of the molecule is NC(=O)[C@@H](Cc1ccc(Cl)nc1)NC(=O)C[C@H](O)CNC(=O)OCc1ccccc1. The highest BCUT2D eigenvalue weighted by Gasteiger charge is 2.21. The highest BCUT2D eigenvalue weighted by Crippen LogP contribution is 2.08. The van der Waals surface area contributed by atoms with Crippen LogP contribution in [0.15, 0.2) is 48.7 Å². The van der Waals surface area contributed by atoms with Crippen molar-refractivity contribution in [2.45, 2.75) is 31.6 Å². The summed E-state index contributed by atoms with van der Waals surface area (Å²) in [5.41, 5.74) is 6.82. The Balaban J connectivity index is 1.73. The van der Waals surface area contributed by atoms with Gasteiger partial charge in [0, 0.05) is 19.2 Å². The minimum atomic E-state index is -1.17. The Morgan fingerprint density at radius 3 is 2.50 bits per heavy atom. The number of nitrogens with zero attached hydrogens (tertiary/aromatic N) is 1. The number of primary amides is 1. The van der Waals surface area contributed by atoms with Crippen LogP contribution < -0.4 is 16.4 Å². The van der Waals surface area contributed by atoms with Gasteiger partial charge in [-0.25, -0.2) is 9.78 Å². The number of nitrogens with two attached hydrogens (primary N) is 1. The highest BCUT2D eigenvalue weighted by molar-refractivity contribution is 6.29. The number of nitrogens with one attached hydrogen (secondary N) is 2. The molecule has 0 bridgehead atoms. The fourth-order valence-corrected chi connectivity index (χ4v) is 2.61. The quantitative estimate of drug-likeness (QED) is 0.409. The molecule has 5 N–H and O–H groups in total. The zero-order chi connectivity index (χ0) is 21.9. The molecule has 1 aromatic carbocycles. The lowest BCUT2D eigenvalue weighted by Crippen LogP contribution is -2.47. The molecule has 0 saturated carbocycles. The summed E-state index contributed by atoms with van der Waals surface area (Å²) >= 11 is 5.72. The van der Waals surface area contributed by atoms with Crippen molar-refractivity contribution in [2.24, 2.45) is 5.73 Å². The summed E-state index contributed by atoms with van der Waals surface area (Å²) in [5, 5.41) is 15.1. The second-order valence-corrected chi connectivity index (χ2v) is 6.90. The van der Waals surface area contributed by atoms with Gasteiger partial charge in [0.25, 0.3) is 0 Å². The van der Waals surface area contributed by atoms with Gasteiger partial charge in [0.2, 0.25) is 11.8 Å². The third kappa shape index (κ3) is 8.46. The van der Waals surface area contributed by atoms with Crippen LogP contribution in [0.1, 0.15) is 17.5 Å². The fraction of sp³-hybridized carbons (Fsp3) is 0.300. The Morgan fingerprint density at radius 2 is 1.87 bits per heavy atom. The van der Waals surface area contributed by atoms with Gasteiger partial charge in [-0.15, -0.1) is 0 Å². The largest absolute Gasteiger partial charge is 0.445 e. The molecule has 0 fully saturated rings. The Bertz CT molecular complexity index is 848. The molecular weight excluding hydrogens is 412 g/mol. The average Bonchev–Trinajstić information content (AvgIpc) is 2.72. The van der Waals surface area contributed by atoms with Crippen molar-refractivity contribution >= 4 is 29.5 Å². The number of rotatable bonds is 10. The van der Waals surface area contributed by atoms with E-state index in [0.29, 0.717) is 10.7 Å². The maximum atomic E-state index is 12.1. The van der Waals surface area contributed by atoms with Crippen molar-refractivity contribution < 1.29 is 24.2 Å². The highest BCUT2D eigenvalue weighted by atomic mass is 35.5. The number of alkyl carbamates (subject to hydrolysis) is 1. The Morgan fingerprint density at radius 1 is 1.13 bits per heavy atom. The third-order valence-electron chi connectivity index (χ3n) is 4.02. The number of hydrogen-bond donors (Lipinski definition) is 4. The smallest absolute Gasteiger partial charge is 0.407 e. The van der Waals surface area contributed by atoms with Crippen molar-refractivity contribution in [1.29, 1.82) is 0 Å². The van der Waals surface area contributed by atoms with Crippen molar-refractivity contribution in [2.75, 3.05) is 6.54 Å². The van der Waals surface area contributed by atoms with Gasteiger partial charge in [-0.3, -0.25) is 9.59 Å². The molecule has 160 valence electrons. The van der Waals surface area contributed by atoms with E-state index in [1.807, 2.05) is 30.3 Å². The molecule has 1 heterocycles. The second kappa shape index (κ2) is 11.7. The summed E-state index contributed by atoms with van der Waals surface area (Å²) in [6.45, 7) is -0.105. The lowest BCUT2D eigenvalue weighted by Gasteiger charge is -2.17. The molecule has 0 spiro atoms. The van der Waals surface area contributed by atoms with Crippen LogP contribution in [0.2, 0.25) is 5.15 Å². The molecule has 0 radical (unpaired) electrons. The van der Waals surface area contributed by atoms with Gasteiger partial charge in [0.05, 0.1) is 12.5 Å². The van der Waals surface area contributed by atoms with Crippen LogP contribution >= 0.6 is 11.6 Å². The van der Waals surface area contributed by atoms with Gasteiger partial charge in [-0.2, -0.15) is 0 Å². The number of benzene rings is 1. The van der Waals surface area contributed by atoms with Gasteiger partial charge >= 0.3 is 6.09 Å². The van der Waals surface area contributed by atoms with E-state index >= 15 is 0 Å². The molecule has 0 saturated heterocycles. The van der Waals surface area contributed by atoms with Crippen LogP contribution in [-0.2, 0) is 27.4 Å². The van der Waals surface area contributed by atoms with E-state index in [1.54, 1.807) is 12.1 Å². The van der Waals surface area contributed by atoms with Crippen molar-refractivity contribution in [3.05, 3.63) is 64.9 Å². The van der Waals surface area contributed by atoms with Crippen LogP contribution in [0.25, 0.3) is 0 Å². The first-order valence-corrected chi connectivity index (χ1v) is 9.53. The molecule has 0 unspecified atom stereocenters. The minimum Gasteiger partial charge on any atom is -0.445 e. The average molecular weight is 435 g/mol. The number of aromatic nitrogens is 1. The molecule has 9 nitrogen and oxygen atoms in total. The molecule has 0 aliphatic carbocycles. The van der Waals surface area contributed by atoms with Gasteiger partial charge in [-0.1, -0.05) is 48.0 Å². The predicted octanol–water partition coefficient (Wildman–Crippen LogP) is 0.925. The zero-order valence-electron chi connectivity index (χ0n) is 16.1. The van der Waals surface area contributed by atoms with Crippen LogP contribution in [0, 0.1) is 0 Å². The van der Waals surface area contributed by atoms with Gasteiger partial charge < -0.3 is 26.2 Å². The number of carbonyl (C=O) groups excluding carboxylic acids is 3. The second-order valence-electron chi connectivity index (χ2n) is 6.52. The Kier molecular flexibility index (Phi) is 9.04. The number of halogens is 1. The molecule has 3 amide bonds. The summed E-state index contributed by atoms with van der Waals surface area (Å²) in [4.78, 5) is 39.3. The molecule has 0 aliphatic heterocycles. The first kappa shape index (κ1) is 23.1. The minimum absolute atomic E-state index is 0.0864. The van der Waals surface area contributed by atoms with Crippen LogP contribution in [0.3, 0.4) is 0 Å². The van der Waals surface area contributed by atoms with Crippen molar-refractivity contribution in [1.82, 2.24) is 15.6 Å². The van der Waals surface area contributed by atoms with Crippen LogP contribution in [0.5, 0.6) is 0 Å². The molecule has 2 rings (SSSR count). The number of aliphatic hydroxyl groups excluding tert-OH is 1. The van der Waals surface area contributed by atoms with E-state index in [0.717, 1.165) is 5.56 Å². The Labute approximate surface area is 178 Å². The number of amides is 3.